The number of hydrogen-bond acceptors (Lipinski definition) is 2. The van der Waals surface area contributed by atoms with E-state index in [9.17, 15) is 4.39 Å². The van der Waals surface area contributed by atoms with Crippen molar-refractivity contribution in [1.29, 1.82) is 0 Å². The molecule has 4 heteroatoms. The summed E-state index contributed by atoms with van der Waals surface area (Å²) in [4.78, 5) is 0. The first-order valence-corrected chi connectivity index (χ1v) is 10.3. The predicted octanol–water partition coefficient (Wildman–Crippen LogP) is 4.25. The lowest BCUT2D eigenvalue weighted by Crippen LogP contribution is -2.44. The van der Waals surface area contributed by atoms with Gasteiger partial charge in [-0.05, 0) is 42.2 Å². The predicted molar refractivity (Wildman–Crippen MR) is 83.8 cm³/mol. The molecule has 0 saturated carbocycles. The minimum atomic E-state index is -1.73. The van der Waals surface area contributed by atoms with Crippen molar-refractivity contribution in [3.63, 3.8) is 0 Å². The Morgan fingerprint density at radius 2 is 2.00 bits per heavy atom. The summed E-state index contributed by atoms with van der Waals surface area (Å²) in [5.41, 5.74) is 1.02. The van der Waals surface area contributed by atoms with E-state index in [2.05, 4.69) is 39.2 Å². The number of hydrogen-bond donors (Lipinski definition) is 1. The molecule has 0 radical (unpaired) electrons. The summed E-state index contributed by atoms with van der Waals surface area (Å²) in [5, 5.41) is 3.68. The zero-order valence-corrected chi connectivity index (χ0v) is 14.2. The van der Waals surface area contributed by atoms with E-state index >= 15 is 0 Å². The minimum absolute atomic E-state index is 0.168. The number of rotatable bonds is 3. The molecule has 0 amide bonds. The summed E-state index contributed by atoms with van der Waals surface area (Å²) in [7, 11) is -1.73. The van der Waals surface area contributed by atoms with E-state index < -0.39 is 8.32 Å². The molecule has 1 unspecified atom stereocenters. The Labute approximate surface area is 122 Å². The third kappa shape index (κ3) is 3.48. The molecule has 1 heterocycles. The quantitative estimate of drug-likeness (QED) is 0.842. The van der Waals surface area contributed by atoms with Gasteiger partial charge in [0, 0.05) is 12.6 Å². The van der Waals surface area contributed by atoms with Crippen LogP contribution in [0.25, 0.3) is 0 Å². The van der Waals surface area contributed by atoms with Crippen LogP contribution in [0, 0.1) is 5.82 Å². The Morgan fingerprint density at radius 3 is 2.60 bits per heavy atom. The summed E-state index contributed by atoms with van der Waals surface area (Å²) in [5.74, 6) is -0.168. The average molecular weight is 295 g/mol. The van der Waals surface area contributed by atoms with Gasteiger partial charge in [-0.2, -0.15) is 0 Å². The average Bonchev–Trinajstić information content (AvgIpc) is 2.75. The lowest BCUT2D eigenvalue weighted by atomic mass is 10.0. The van der Waals surface area contributed by atoms with Gasteiger partial charge in [-0.1, -0.05) is 32.9 Å². The molecule has 0 spiro atoms. The second-order valence-corrected chi connectivity index (χ2v) is 12.0. The van der Waals surface area contributed by atoms with Crippen molar-refractivity contribution in [3.8, 4) is 0 Å². The van der Waals surface area contributed by atoms with E-state index in [0.717, 1.165) is 18.5 Å². The van der Waals surface area contributed by atoms with E-state index in [1.54, 1.807) is 12.1 Å². The smallest absolute Gasteiger partial charge is 0.192 e. The maximum Gasteiger partial charge on any atom is 0.192 e. The maximum atomic E-state index is 13.3. The monoisotopic (exact) mass is 295 g/mol. The van der Waals surface area contributed by atoms with Crippen molar-refractivity contribution >= 4 is 8.32 Å². The maximum absolute atomic E-state index is 13.3. The first kappa shape index (κ1) is 15.7. The van der Waals surface area contributed by atoms with Crippen LogP contribution in [0.4, 0.5) is 4.39 Å². The molecule has 1 aromatic rings. The zero-order chi connectivity index (χ0) is 15.0. The third-order valence-corrected chi connectivity index (χ3v) is 9.14. The van der Waals surface area contributed by atoms with Crippen LogP contribution in [0.3, 0.4) is 0 Å². The largest absolute Gasteiger partial charge is 0.413 e. The molecule has 1 aliphatic heterocycles. The summed E-state index contributed by atoms with van der Waals surface area (Å²) < 4.78 is 19.7. The fraction of sp³-hybridized carbons (Fsp3) is 0.625. The molecule has 0 aromatic heterocycles. The van der Waals surface area contributed by atoms with Gasteiger partial charge in [-0.15, -0.1) is 0 Å². The fourth-order valence-corrected chi connectivity index (χ4v) is 3.73. The molecular formula is C16H26FNOSi. The summed E-state index contributed by atoms with van der Waals surface area (Å²) in [6, 6.07) is 7.07. The van der Waals surface area contributed by atoms with Gasteiger partial charge >= 0.3 is 0 Å². The van der Waals surface area contributed by atoms with Gasteiger partial charge in [0.1, 0.15) is 5.82 Å². The molecule has 1 fully saturated rings. The SMILES string of the molecule is CC(C)(C)[Si](C)(C)O[C@H]1CNC(c2cccc(F)c2)C1. The molecule has 0 aliphatic carbocycles. The van der Waals surface area contributed by atoms with Gasteiger partial charge in [-0.25, -0.2) is 4.39 Å². The Bertz CT molecular complexity index is 470. The van der Waals surface area contributed by atoms with Gasteiger partial charge < -0.3 is 9.74 Å². The van der Waals surface area contributed by atoms with Crippen molar-refractivity contribution in [1.82, 2.24) is 5.32 Å². The van der Waals surface area contributed by atoms with Crippen molar-refractivity contribution in [2.75, 3.05) is 6.54 Å². The highest BCUT2D eigenvalue weighted by Gasteiger charge is 2.40. The molecule has 20 heavy (non-hydrogen) atoms. The van der Waals surface area contributed by atoms with Crippen molar-refractivity contribution < 1.29 is 8.82 Å². The molecule has 1 aromatic carbocycles. The van der Waals surface area contributed by atoms with Crippen LogP contribution in [0.2, 0.25) is 18.1 Å². The Hall–Kier alpha value is -0.713. The molecule has 1 aliphatic rings. The van der Waals surface area contributed by atoms with E-state index in [-0.39, 0.29) is 23.0 Å². The van der Waals surface area contributed by atoms with Crippen LogP contribution in [-0.4, -0.2) is 21.0 Å². The summed E-state index contributed by atoms with van der Waals surface area (Å²) in [6.07, 6.45) is 1.17. The fourth-order valence-electron chi connectivity index (χ4n) is 2.36. The van der Waals surface area contributed by atoms with Crippen molar-refractivity contribution in [3.05, 3.63) is 35.6 Å². The second-order valence-electron chi connectivity index (χ2n) is 7.25. The van der Waals surface area contributed by atoms with E-state index in [1.165, 1.54) is 6.07 Å². The van der Waals surface area contributed by atoms with Crippen LogP contribution in [0.15, 0.2) is 24.3 Å². The third-order valence-electron chi connectivity index (χ3n) is 4.61. The topological polar surface area (TPSA) is 21.3 Å². The van der Waals surface area contributed by atoms with Crippen LogP contribution in [0.1, 0.15) is 38.8 Å². The summed E-state index contributed by atoms with van der Waals surface area (Å²) in [6.45, 7) is 12.2. The van der Waals surface area contributed by atoms with Gasteiger partial charge in [0.05, 0.1) is 6.10 Å². The highest BCUT2D eigenvalue weighted by molar-refractivity contribution is 6.74. The number of benzene rings is 1. The van der Waals surface area contributed by atoms with Crippen LogP contribution in [-0.2, 0) is 4.43 Å². The Balaban J connectivity index is 2.00. The van der Waals surface area contributed by atoms with E-state index in [0.29, 0.717) is 0 Å². The first-order valence-electron chi connectivity index (χ1n) is 7.36. The molecule has 1 N–H and O–H groups in total. The lowest BCUT2D eigenvalue weighted by molar-refractivity contribution is 0.197. The molecule has 1 saturated heterocycles. The molecule has 2 nitrogen and oxygen atoms in total. The lowest BCUT2D eigenvalue weighted by Gasteiger charge is -2.38. The number of halogens is 1. The normalized spacial score (nSPS) is 24.1. The molecular weight excluding hydrogens is 269 g/mol. The van der Waals surface area contributed by atoms with Gasteiger partial charge in [-0.3, -0.25) is 0 Å². The highest BCUT2D eigenvalue weighted by Crippen LogP contribution is 2.39. The standard InChI is InChI=1S/C16H26FNOSi/c1-16(2,3)20(4,5)19-14-10-15(18-11-14)12-7-6-8-13(17)9-12/h6-9,14-15,18H,10-11H2,1-5H3/t14-,15?/m1/s1. The van der Waals surface area contributed by atoms with Gasteiger partial charge in [0.2, 0.25) is 0 Å². The van der Waals surface area contributed by atoms with Crippen molar-refractivity contribution in [2.45, 2.75) is 57.5 Å². The molecule has 0 bridgehead atoms. The van der Waals surface area contributed by atoms with Gasteiger partial charge in [0.15, 0.2) is 8.32 Å². The second kappa shape index (κ2) is 5.58. The van der Waals surface area contributed by atoms with Gasteiger partial charge in [0.25, 0.3) is 0 Å². The zero-order valence-electron chi connectivity index (χ0n) is 13.2. The van der Waals surface area contributed by atoms with Crippen LogP contribution < -0.4 is 5.32 Å². The highest BCUT2D eigenvalue weighted by atomic mass is 28.4. The van der Waals surface area contributed by atoms with Crippen molar-refractivity contribution in [2.24, 2.45) is 0 Å². The Morgan fingerprint density at radius 1 is 1.30 bits per heavy atom. The minimum Gasteiger partial charge on any atom is -0.413 e. The molecule has 112 valence electrons. The van der Waals surface area contributed by atoms with E-state index in [4.69, 9.17) is 4.43 Å². The Kier molecular flexibility index (Phi) is 4.37. The molecule has 2 atom stereocenters. The molecule has 2 rings (SSSR count). The van der Waals surface area contributed by atoms with Crippen LogP contribution in [0.5, 0.6) is 0 Å². The first-order chi connectivity index (χ1) is 9.19. The van der Waals surface area contributed by atoms with Crippen LogP contribution >= 0.6 is 0 Å². The number of nitrogens with one attached hydrogen (secondary N) is 1. The summed E-state index contributed by atoms with van der Waals surface area (Å²) >= 11 is 0. The van der Waals surface area contributed by atoms with E-state index in [1.807, 2.05) is 6.07 Å².